The Balaban J connectivity index is 1.86. The van der Waals surface area contributed by atoms with E-state index in [2.05, 4.69) is 20.6 Å². The van der Waals surface area contributed by atoms with Crippen molar-refractivity contribution >= 4 is 29.2 Å². The number of amides is 2. The average molecular weight is 485 g/mol. The van der Waals surface area contributed by atoms with Crippen molar-refractivity contribution in [3.8, 4) is 17.3 Å². The van der Waals surface area contributed by atoms with Crippen molar-refractivity contribution in [2.24, 2.45) is 17.1 Å². The number of carbonyl (C=O) groups is 3. The second-order valence-corrected chi connectivity index (χ2v) is 10.3. The van der Waals surface area contributed by atoms with E-state index in [0.717, 1.165) is 0 Å². The molecule has 0 unspecified atom stereocenters. The number of imidazole rings is 1. The van der Waals surface area contributed by atoms with Gasteiger partial charge in [0.05, 0.1) is 11.8 Å². The highest BCUT2D eigenvalue weighted by Crippen LogP contribution is 2.30. The molecule has 0 aliphatic carbocycles. The van der Waals surface area contributed by atoms with Crippen LogP contribution in [0, 0.1) is 22.7 Å². The van der Waals surface area contributed by atoms with Gasteiger partial charge in [-0.3, -0.25) is 14.4 Å². The SMILES string of the molecule is CC(C)(C)C[C@](N)(C(=O)N[C@H](C#N)C[C@@H]1CCNC1=O)C(=O)c1nc(-c2cccc(Cl)c2)c[nH]1. The molecular weight excluding hydrogens is 456 g/mol. The molecule has 34 heavy (non-hydrogen) atoms. The van der Waals surface area contributed by atoms with Crippen LogP contribution < -0.4 is 16.4 Å². The lowest BCUT2D eigenvalue weighted by Crippen LogP contribution is -2.62. The molecule has 2 amide bonds. The Morgan fingerprint density at radius 3 is 2.71 bits per heavy atom. The summed E-state index contributed by atoms with van der Waals surface area (Å²) in [6.45, 7) is 6.12. The van der Waals surface area contributed by atoms with Crippen molar-refractivity contribution in [1.82, 2.24) is 20.6 Å². The average Bonchev–Trinajstić information content (AvgIpc) is 3.41. The van der Waals surface area contributed by atoms with E-state index >= 15 is 0 Å². The number of ketones is 1. The van der Waals surface area contributed by atoms with Gasteiger partial charge in [-0.15, -0.1) is 0 Å². The van der Waals surface area contributed by atoms with E-state index in [1.807, 2.05) is 26.8 Å². The van der Waals surface area contributed by atoms with Crippen molar-refractivity contribution < 1.29 is 14.4 Å². The normalized spacial score (nSPS) is 18.5. The first-order valence-electron chi connectivity index (χ1n) is 11.1. The summed E-state index contributed by atoms with van der Waals surface area (Å²) >= 11 is 6.05. The Hall–Kier alpha value is -3.22. The molecule has 5 N–H and O–H groups in total. The summed E-state index contributed by atoms with van der Waals surface area (Å²) in [5.74, 6) is -2.06. The molecule has 2 heterocycles. The van der Waals surface area contributed by atoms with Crippen LogP contribution in [0.5, 0.6) is 0 Å². The number of Topliss-reactive ketones (excluding diaryl/α,β-unsaturated/α-hetero) is 1. The number of carbonyl (C=O) groups excluding carboxylic acids is 3. The third-order valence-corrected chi connectivity index (χ3v) is 5.91. The molecule has 0 saturated carbocycles. The van der Waals surface area contributed by atoms with Crippen LogP contribution in [0.4, 0.5) is 0 Å². The highest BCUT2D eigenvalue weighted by atomic mass is 35.5. The van der Waals surface area contributed by atoms with Crippen molar-refractivity contribution in [3.63, 3.8) is 0 Å². The monoisotopic (exact) mass is 484 g/mol. The van der Waals surface area contributed by atoms with E-state index in [0.29, 0.717) is 29.2 Å². The van der Waals surface area contributed by atoms with Crippen LogP contribution in [0.1, 0.15) is 50.7 Å². The smallest absolute Gasteiger partial charge is 0.249 e. The minimum Gasteiger partial charge on any atom is -0.356 e. The third-order valence-electron chi connectivity index (χ3n) is 5.68. The van der Waals surface area contributed by atoms with Gasteiger partial charge in [0.25, 0.3) is 0 Å². The van der Waals surface area contributed by atoms with E-state index in [1.165, 1.54) is 0 Å². The number of nitrogens with zero attached hydrogens (tertiary/aromatic N) is 2. The van der Waals surface area contributed by atoms with Gasteiger partial charge in [-0.05, 0) is 36.8 Å². The van der Waals surface area contributed by atoms with Gasteiger partial charge < -0.3 is 21.4 Å². The highest BCUT2D eigenvalue weighted by molar-refractivity contribution is 6.30. The largest absolute Gasteiger partial charge is 0.356 e. The van der Waals surface area contributed by atoms with E-state index in [-0.39, 0.29) is 30.5 Å². The summed E-state index contributed by atoms with van der Waals surface area (Å²) < 4.78 is 0. The molecule has 3 atom stereocenters. The van der Waals surface area contributed by atoms with Crippen LogP contribution in [0.15, 0.2) is 30.5 Å². The topological polar surface area (TPSA) is 154 Å². The van der Waals surface area contributed by atoms with Crippen molar-refractivity contribution in [3.05, 3.63) is 41.3 Å². The Morgan fingerprint density at radius 2 is 2.12 bits per heavy atom. The van der Waals surface area contributed by atoms with Gasteiger partial charge in [0.1, 0.15) is 6.04 Å². The maximum Gasteiger partial charge on any atom is 0.249 e. The molecule has 1 aromatic carbocycles. The van der Waals surface area contributed by atoms with E-state index in [4.69, 9.17) is 17.3 Å². The first-order valence-corrected chi connectivity index (χ1v) is 11.4. The summed E-state index contributed by atoms with van der Waals surface area (Å²) in [6.07, 6.45) is 2.29. The standard InChI is InChI=1S/C24H29ClN6O3/c1-23(2,3)13-24(27,22(34)30-17(11-26)10-15-7-8-28-21(15)33)19(32)20-29-12-18(31-20)14-5-4-6-16(25)9-14/h4-6,9,12,15,17H,7-8,10,13,27H2,1-3H3,(H,28,33)(H,29,31)(H,30,34)/t15-,17-,24+/m0/s1. The first kappa shape index (κ1) is 25.4. The molecule has 1 aromatic heterocycles. The quantitative estimate of drug-likeness (QED) is 0.333. The zero-order valence-corrected chi connectivity index (χ0v) is 20.2. The fourth-order valence-corrected chi connectivity index (χ4v) is 4.32. The van der Waals surface area contributed by atoms with Crippen LogP contribution in [0.3, 0.4) is 0 Å². The molecule has 0 spiro atoms. The molecule has 0 bridgehead atoms. The number of halogens is 1. The van der Waals surface area contributed by atoms with Gasteiger partial charge in [0, 0.05) is 29.2 Å². The lowest BCUT2D eigenvalue weighted by molar-refractivity contribution is -0.127. The van der Waals surface area contributed by atoms with Gasteiger partial charge in [0.15, 0.2) is 11.4 Å². The zero-order valence-electron chi connectivity index (χ0n) is 19.4. The molecular formula is C24H29ClN6O3. The Morgan fingerprint density at radius 1 is 1.38 bits per heavy atom. The second kappa shape index (κ2) is 9.95. The number of nitriles is 1. The minimum atomic E-state index is -1.98. The molecule has 1 aliphatic rings. The van der Waals surface area contributed by atoms with Gasteiger partial charge in [-0.1, -0.05) is 44.5 Å². The lowest BCUT2D eigenvalue weighted by atomic mass is 9.77. The van der Waals surface area contributed by atoms with Crippen LogP contribution in [-0.4, -0.2) is 45.7 Å². The number of aromatic nitrogens is 2. The van der Waals surface area contributed by atoms with Crippen LogP contribution in [0.2, 0.25) is 5.02 Å². The predicted octanol–water partition coefficient (Wildman–Crippen LogP) is 2.58. The van der Waals surface area contributed by atoms with E-state index in [9.17, 15) is 19.6 Å². The predicted molar refractivity (Wildman–Crippen MR) is 128 cm³/mol. The number of nitrogens with two attached hydrogens (primary N) is 1. The molecule has 1 saturated heterocycles. The second-order valence-electron chi connectivity index (χ2n) is 9.85. The number of H-pyrrole nitrogens is 1. The van der Waals surface area contributed by atoms with Gasteiger partial charge in [0.2, 0.25) is 17.6 Å². The maximum atomic E-state index is 13.5. The molecule has 1 aliphatic heterocycles. The molecule has 3 rings (SSSR count). The molecule has 2 aromatic rings. The summed E-state index contributed by atoms with van der Waals surface area (Å²) in [6, 6.07) is 8.04. The van der Waals surface area contributed by atoms with Crippen LogP contribution >= 0.6 is 11.6 Å². The third kappa shape index (κ3) is 5.82. The molecule has 180 valence electrons. The summed E-state index contributed by atoms with van der Waals surface area (Å²) in [4.78, 5) is 45.9. The zero-order chi connectivity index (χ0) is 25.1. The molecule has 9 nitrogen and oxygen atoms in total. The summed E-state index contributed by atoms with van der Waals surface area (Å²) in [5.41, 5.74) is 5.19. The number of aromatic amines is 1. The van der Waals surface area contributed by atoms with E-state index < -0.39 is 28.7 Å². The summed E-state index contributed by atoms with van der Waals surface area (Å²) in [7, 11) is 0. The minimum absolute atomic E-state index is 0.0138. The molecule has 0 radical (unpaired) electrons. The van der Waals surface area contributed by atoms with Crippen molar-refractivity contribution in [2.75, 3.05) is 6.54 Å². The van der Waals surface area contributed by atoms with Gasteiger partial charge in [-0.25, -0.2) is 4.98 Å². The Labute approximate surface area is 203 Å². The summed E-state index contributed by atoms with van der Waals surface area (Å²) in [5, 5.41) is 15.4. The first-order chi connectivity index (χ1) is 15.9. The van der Waals surface area contributed by atoms with E-state index in [1.54, 1.807) is 30.5 Å². The fraction of sp³-hybridized carbons (Fsp3) is 0.458. The lowest BCUT2D eigenvalue weighted by Gasteiger charge is -2.33. The molecule has 10 heteroatoms. The highest BCUT2D eigenvalue weighted by Gasteiger charge is 2.47. The van der Waals surface area contributed by atoms with Gasteiger partial charge in [-0.2, -0.15) is 5.26 Å². The maximum absolute atomic E-state index is 13.5. The Kier molecular flexibility index (Phi) is 7.44. The number of nitrogens with one attached hydrogen (secondary N) is 3. The van der Waals surface area contributed by atoms with Crippen molar-refractivity contribution in [1.29, 1.82) is 5.26 Å². The number of hydrogen-bond acceptors (Lipinski definition) is 6. The van der Waals surface area contributed by atoms with Crippen LogP contribution in [-0.2, 0) is 9.59 Å². The number of benzene rings is 1. The number of hydrogen-bond donors (Lipinski definition) is 4. The van der Waals surface area contributed by atoms with Crippen molar-refractivity contribution in [2.45, 2.75) is 51.6 Å². The Bertz CT molecular complexity index is 1130. The number of rotatable bonds is 8. The molecule has 1 fully saturated rings. The van der Waals surface area contributed by atoms with Crippen LogP contribution in [0.25, 0.3) is 11.3 Å². The van der Waals surface area contributed by atoms with Gasteiger partial charge >= 0.3 is 0 Å². The fourth-order valence-electron chi connectivity index (χ4n) is 4.13.